The highest BCUT2D eigenvalue weighted by Gasteiger charge is 2.23. The maximum atomic E-state index is 3.60. The summed E-state index contributed by atoms with van der Waals surface area (Å²) in [5, 5.41) is 3.60. The van der Waals surface area contributed by atoms with Crippen molar-refractivity contribution < 1.29 is 0 Å². The summed E-state index contributed by atoms with van der Waals surface area (Å²) in [5.41, 5.74) is 0. The van der Waals surface area contributed by atoms with E-state index in [0.29, 0.717) is 0 Å². The van der Waals surface area contributed by atoms with Crippen molar-refractivity contribution >= 4 is 0 Å². The van der Waals surface area contributed by atoms with Gasteiger partial charge < -0.3 is 5.32 Å². The second kappa shape index (κ2) is 6.49. The van der Waals surface area contributed by atoms with Crippen LogP contribution in [0.1, 0.15) is 47.0 Å². The lowest BCUT2D eigenvalue weighted by atomic mass is 9.99. The molecule has 1 N–H and O–H groups in total. The molecule has 1 saturated heterocycles. The van der Waals surface area contributed by atoms with Crippen LogP contribution in [0.5, 0.6) is 0 Å². The first kappa shape index (κ1) is 13.0. The van der Waals surface area contributed by atoms with Crippen LogP contribution < -0.4 is 5.32 Å². The lowest BCUT2D eigenvalue weighted by Gasteiger charge is -2.37. The number of likely N-dealkylation sites (N-methyl/N-ethyl adjacent to an activating group) is 1. The van der Waals surface area contributed by atoms with Gasteiger partial charge in [0.2, 0.25) is 0 Å². The Morgan fingerprint density at radius 2 is 2.07 bits per heavy atom. The molecule has 1 aliphatic rings. The fourth-order valence-electron chi connectivity index (χ4n) is 2.36. The zero-order chi connectivity index (χ0) is 11.3. The van der Waals surface area contributed by atoms with Crippen LogP contribution in [0.15, 0.2) is 0 Å². The van der Waals surface area contributed by atoms with E-state index in [0.717, 1.165) is 18.0 Å². The molecule has 0 radical (unpaired) electrons. The minimum absolute atomic E-state index is 0.726. The van der Waals surface area contributed by atoms with Crippen LogP contribution in [0, 0.1) is 5.92 Å². The molecular weight excluding hydrogens is 184 g/mol. The monoisotopic (exact) mass is 212 g/mol. The van der Waals surface area contributed by atoms with Gasteiger partial charge in [0.15, 0.2) is 0 Å². The summed E-state index contributed by atoms with van der Waals surface area (Å²) in [4.78, 5) is 2.66. The number of nitrogens with one attached hydrogen (secondary N) is 1. The van der Waals surface area contributed by atoms with Gasteiger partial charge in [-0.2, -0.15) is 0 Å². The standard InChI is InChI=1S/C13H28N2/c1-5-11(3)10-15(6-2)13-8-7-12(4)14-9-13/h11-14H,5-10H2,1-4H3. The first-order valence-electron chi connectivity index (χ1n) is 6.64. The van der Waals surface area contributed by atoms with E-state index >= 15 is 0 Å². The number of rotatable bonds is 5. The SMILES string of the molecule is CCC(C)CN(CC)C1CCC(C)NC1. The molecule has 0 aliphatic carbocycles. The quantitative estimate of drug-likeness (QED) is 0.753. The van der Waals surface area contributed by atoms with Crippen LogP contribution >= 0.6 is 0 Å². The summed E-state index contributed by atoms with van der Waals surface area (Å²) in [6.45, 7) is 12.9. The molecule has 1 fully saturated rings. The van der Waals surface area contributed by atoms with E-state index in [1.54, 1.807) is 0 Å². The molecule has 0 spiro atoms. The van der Waals surface area contributed by atoms with Crippen molar-refractivity contribution in [3.8, 4) is 0 Å². The molecule has 3 atom stereocenters. The fourth-order valence-corrected chi connectivity index (χ4v) is 2.36. The molecule has 15 heavy (non-hydrogen) atoms. The molecule has 0 aromatic rings. The topological polar surface area (TPSA) is 15.3 Å². The Morgan fingerprint density at radius 3 is 2.53 bits per heavy atom. The van der Waals surface area contributed by atoms with Crippen LogP contribution in [0.25, 0.3) is 0 Å². The molecule has 1 heterocycles. The summed E-state index contributed by atoms with van der Waals surface area (Å²) in [5.74, 6) is 0.837. The zero-order valence-electron chi connectivity index (χ0n) is 10.9. The van der Waals surface area contributed by atoms with E-state index < -0.39 is 0 Å². The molecule has 0 aromatic heterocycles. The minimum atomic E-state index is 0.726. The Labute approximate surface area is 95.4 Å². The van der Waals surface area contributed by atoms with E-state index in [9.17, 15) is 0 Å². The van der Waals surface area contributed by atoms with E-state index in [1.807, 2.05) is 0 Å². The predicted molar refractivity (Wildman–Crippen MR) is 67.2 cm³/mol. The Morgan fingerprint density at radius 1 is 1.33 bits per heavy atom. The molecule has 1 aliphatic heterocycles. The van der Waals surface area contributed by atoms with Gasteiger partial charge in [0.1, 0.15) is 0 Å². The highest BCUT2D eigenvalue weighted by atomic mass is 15.2. The smallest absolute Gasteiger partial charge is 0.0221 e. The van der Waals surface area contributed by atoms with E-state index in [1.165, 1.54) is 38.9 Å². The highest BCUT2D eigenvalue weighted by Crippen LogP contribution is 2.16. The average molecular weight is 212 g/mol. The van der Waals surface area contributed by atoms with Gasteiger partial charge in [-0.15, -0.1) is 0 Å². The average Bonchev–Trinajstić information content (AvgIpc) is 2.27. The molecule has 0 saturated carbocycles. The van der Waals surface area contributed by atoms with Crippen molar-refractivity contribution in [1.29, 1.82) is 0 Å². The van der Waals surface area contributed by atoms with Gasteiger partial charge in [-0.1, -0.05) is 27.2 Å². The van der Waals surface area contributed by atoms with Crippen LogP contribution in [0.2, 0.25) is 0 Å². The lowest BCUT2D eigenvalue weighted by Crippen LogP contribution is -2.49. The van der Waals surface area contributed by atoms with Crippen molar-refractivity contribution in [1.82, 2.24) is 10.2 Å². The third-order valence-corrected chi connectivity index (χ3v) is 3.80. The number of piperidine rings is 1. The minimum Gasteiger partial charge on any atom is -0.313 e. The number of hydrogen-bond acceptors (Lipinski definition) is 2. The second-order valence-corrected chi connectivity index (χ2v) is 5.14. The molecule has 0 amide bonds. The maximum absolute atomic E-state index is 3.60. The van der Waals surface area contributed by atoms with Crippen molar-refractivity contribution in [3.63, 3.8) is 0 Å². The molecule has 2 heteroatoms. The van der Waals surface area contributed by atoms with Gasteiger partial charge in [-0.25, -0.2) is 0 Å². The maximum Gasteiger partial charge on any atom is 0.0221 e. The first-order valence-corrected chi connectivity index (χ1v) is 6.64. The summed E-state index contributed by atoms with van der Waals surface area (Å²) < 4.78 is 0. The zero-order valence-corrected chi connectivity index (χ0v) is 10.9. The van der Waals surface area contributed by atoms with Crippen molar-refractivity contribution in [2.24, 2.45) is 5.92 Å². The van der Waals surface area contributed by atoms with Crippen LogP contribution in [-0.2, 0) is 0 Å². The normalized spacial score (nSPS) is 29.4. The predicted octanol–water partition coefficient (Wildman–Crippen LogP) is 2.49. The van der Waals surface area contributed by atoms with Crippen LogP contribution in [-0.4, -0.2) is 36.6 Å². The summed E-state index contributed by atoms with van der Waals surface area (Å²) in [6.07, 6.45) is 4.01. The Hall–Kier alpha value is -0.0800. The van der Waals surface area contributed by atoms with Gasteiger partial charge in [0.25, 0.3) is 0 Å². The molecule has 0 bridgehead atoms. The van der Waals surface area contributed by atoms with E-state index in [2.05, 4.69) is 37.9 Å². The third-order valence-electron chi connectivity index (χ3n) is 3.80. The Balaban J connectivity index is 2.37. The molecule has 3 unspecified atom stereocenters. The highest BCUT2D eigenvalue weighted by molar-refractivity contribution is 4.82. The van der Waals surface area contributed by atoms with Gasteiger partial charge in [0.05, 0.1) is 0 Å². The molecule has 90 valence electrons. The van der Waals surface area contributed by atoms with Gasteiger partial charge in [0, 0.05) is 25.2 Å². The summed E-state index contributed by atoms with van der Waals surface area (Å²) in [6, 6.07) is 1.50. The molecule has 2 nitrogen and oxygen atoms in total. The summed E-state index contributed by atoms with van der Waals surface area (Å²) in [7, 11) is 0. The van der Waals surface area contributed by atoms with Gasteiger partial charge in [-0.05, 0) is 32.2 Å². The Kier molecular flexibility index (Phi) is 5.62. The van der Waals surface area contributed by atoms with Crippen molar-refractivity contribution in [2.75, 3.05) is 19.6 Å². The van der Waals surface area contributed by atoms with Crippen molar-refractivity contribution in [3.05, 3.63) is 0 Å². The largest absolute Gasteiger partial charge is 0.313 e. The number of hydrogen-bond donors (Lipinski definition) is 1. The van der Waals surface area contributed by atoms with Gasteiger partial charge >= 0.3 is 0 Å². The molecule has 1 rings (SSSR count). The fraction of sp³-hybridized carbons (Fsp3) is 1.00. The van der Waals surface area contributed by atoms with Crippen molar-refractivity contribution in [2.45, 2.75) is 59.0 Å². The van der Waals surface area contributed by atoms with E-state index in [4.69, 9.17) is 0 Å². The van der Waals surface area contributed by atoms with Gasteiger partial charge in [-0.3, -0.25) is 4.90 Å². The van der Waals surface area contributed by atoms with E-state index in [-0.39, 0.29) is 0 Å². The Bertz CT molecular complexity index is 162. The van der Waals surface area contributed by atoms with Crippen LogP contribution in [0.3, 0.4) is 0 Å². The second-order valence-electron chi connectivity index (χ2n) is 5.14. The lowest BCUT2D eigenvalue weighted by molar-refractivity contribution is 0.141. The third kappa shape index (κ3) is 4.12. The number of nitrogens with zero attached hydrogens (tertiary/aromatic N) is 1. The first-order chi connectivity index (χ1) is 7.17. The van der Waals surface area contributed by atoms with Crippen LogP contribution in [0.4, 0.5) is 0 Å². The summed E-state index contributed by atoms with van der Waals surface area (Å²) >= 11 is 0. The molecular formula is C13H28N2. The molecule has 0 aromatic carbocycles.